The molecule has 0 fully saturated rings. The van der Waals surface area contributed by atoms with Gasteiger partial charge >= 0.3 is 0 Å². The molecule has 0 rings (SSSR count). The van der Waals surface area contributed by atoms with Gasteiger partial charge in [-0.1, -0.05) is 6.92 Å². The summed E-state index contributed by atoms with van der Waals surface area (Å²) < 4.78 is 33.5. The van der Waals surface area contributed by atoms with Crippen molar-refractivity contribution in [3.63, 3.8) is 0 Å². The third-order valence-electron chi connectivity index (χ3n) is 1.19. The zero-order chi connectivity index (χ0) is 8.20. The van der Waals surface area contributed by atoms with E-state index in [4.69, 9.17) is 9.29 Å². The molecular formula is C5H12O4S. The Morgan fingerprint density at radius 1 is 1.60 bits per heavy atom. The van der Waals surface area contributed by atoms with Gasteiger partial charge in [-0.25, -0.2) is 0 Å². The van der Waals surface area contributed by atoms with E-state index in [0.717, 1.165) is 0 Å². The Kier molecular flexibility index (Phi) is 3.85. The van der Waals surface area contributed by atoms with Crippen molar-refractivity contribution in [2.45, 2.75) is 19.4 Å². The van der Waals surface area contributed by atoms with Gasteiger partial charge < -0.3 is 4.74 Å². The summed E-state index contributed by atoms with van der Waals surface area (Å²) >= 11 is 0. The smallest absolute Gasteiger partial charge is 0.267 e. The standard InChI is InChI=1S/C5H12O4S/c1-3-5(9-2)4-10(6,7)8/h5H,3-4H2,1-2H3,(H,6,7,8). The van der Waals surface area contributed by atoms with Crippen molar-refractivity contribution < 1.29 is 17.7 Å². The highest BCUT2D eigenvalue weighted by Gasteiger charge is 2.13. The average molecular weight is 168 g/mol. The molecule has 0 amide bonds. The van der Waals surface area contributed by atoms with Crippen molar-refractivity contribution >= 4 is 10.1 Å². The Labute approximate surface area is 60.9 Å². The van der Waals surface area contributed by atoms with E-state index in [-0.39, 0.29) is 5.75 Å². The normalized spacial score (nSPS) is 15.1. The van der Waals surface area contributed by atoms with Crippen LogP contribution in [0.15, 0.2) is 0 Å². The van der Waals surface area contributed by atoms with Gasteiger partial charge in [-0.3, -0.25) is 4.55 Å². The average Bonchev–Trinajstić information content (AvgIpc) is 1.81. The summed E-state index contributed by atoms with van der Waals surface area (Å²) in [5.74, 6) is -0.319. The van der Waals surface area contributed by atoms with Crippen molar-refractivity contribution in [2.24, 2.45) is 0 Å². The van der Waals surface area contributed by atoms with Crippen molar-refractivity contribution in [3.05, 3.63) is 0 Å². The second-order valence-corrected chi connectivity index (χ2v) is 3.51. The van der Waals surface area contributed by atoms with Gasteiger partial charge in [-0.15, -0.1) is 0 Å². The summed E-state index contributed by atoms with van der Waals surface area (Å²) in [5, 5.41) is 0. The van der Waals surface area contributed by atoms with E-state index in [2.05, 4.69) is 0 Å². The van der Waals surface area contributed by atoms with Crippen molar-refractivity contribution in [1.29, 1.82) is 0 Å². The predicted molar refractivity (Wildman–Crippen MR) is 37.5 cm³/mol. The molecule has 1 atom stereocenters. The fourth-order valence-electron chi connectivity index (χ4n) is 0.587. The molecule has 0 aliphatic carbocycles. The molecule has 4 nitrogen and oxygen atoms in total. The summed E-state index contributed by atoms with van der Waals surface area (Å²) in [5.41, 5.74) is 0. The van der Waals surface area contributed by atoms with Crippen LogP contribution in [0.2, 0.25) is 0 Å². The first-order valence-electron chi connectivity index (χ1n) is 2.97. The number of ether oxygens (including phenoxy) is 1. The molecule has 0 aliphatic rings. The molecule has 0 saturated carbocycles. The van der Waals surface area contributed by atoms with E-state index in [1.165, 1.54) is 7.11 Å². The van der Waals surface area contributed by atoms with Gasteiger partial charge in [0.15, 0.2) is 0 Å². The van der Waals surface area contributed by atoms with Gasteiger partial charge in [0.25, 0.3) is 10.1 Å². The summed E-state index contributed by atoms with van der Waals surface area (Å²) in [6, 6.07) is 0. The number of hydrogen-bond acceptors (Lipinski definition) is 3. The number of rotatable bonds is 4. The van der Waals surface area contributed by atoms with E-state index >= 15 is 0 Å². The lowest BCUT2D eigenvalue weighted by molar-refractivity contribution is 0.116. The molecule has 0 spiro atoms. The van der Waals surface area contributed by atoms with Crippen molar-refractivity contribution in [1.82, 2.24) is 0 Å². The molecule has 1 unspecified atom stereocenters. The van der Waals surface area contributed by atoms with Crippen LogP contribution in [0.4, 0.5) is 0 Å². The molecule has 0 bridgehead atoms. The minimum Gasteiger partial charge on any atom is -0.380 e. The first kappa shape index (κ1) is 9.87. The molecule has 10 heavy (non-hydrogen) atoms. The minimum atomic E-state index is -3.87. The van der Waals surface area contributed by atoms with Gasteiger partial charge in [-0.05, 0) is 6.42 Å². The van der Waals surface area contributed by atoms with Gasteiger partial charge in [0.2, 0.25) is 0 Å². The van der Waals surface area contributed by atoms with Crippen molar-refractivity contribution in [2.75, 3.05) is 12.9 Å². The molecule has 1 N–H and O–H groups in total. The minimum absolute atomic E-state index is 0.319. The number of methoxy groups -OCH3 is 1. The predicted octanol–water partition coefficient (Wildman–Crippen LogP) is 0.299. The quantitative estimate of drug-likeness (QED) is 0.613. The van der Waals surface area contributed by atoms with Crippen molar-refractivity contribution in [3.8, 4) is 0 Å². The Balaban J connectivity index is 3.87. The lowest BCUT2D eigenvalue weighted by atomic mass is 10.3. The zero-order valence-electron chi connectivity index (χ0n) is 6.07. The maximum Gasteiger partial charge on any atom is 0.267 e. The van der Waals surface area contributed by atoms with Crippen LogP contribution in [0.3, 0.4) is 0 Å². The van der Waals surface area contributed by atoms with Crippen LogP contribution < -0.4 is 0 Å². The van der Waals surface area contributed by atoms with E-state index in [1.807, 2.05) is 0 Å². The first-order chi connectivity index (χ1) is 4.49. The van der Waals surface area contributed by atoms with Gasteiger partial charge in [0.1, 0.15) is 5.75 Å². The summed E-state index contributed by atoms with van der Waals surface area (Å²) in [6.07, 6.45) is 0.186. The van der Waals surface area contributed by atoms with Crippen LogP contribution in [-0.4, -0.2) is 31.9 Å². The number of hydrogen-bond donors (Lipinski definition) is 1. The van der Waals surface area contributed by atoms with Crippen LogP contribution in [0.1, 0.15) is 13.3 Å². The molecule has 0 radical (unpaired) electrons. The van der Waals surface area contributed by atoms with Gasteiger partial charge in [0.05, 0.1) is 6.10 Å². The molecule has 0 aromatic heterocycles. The highest BCUT2D eigenvalue weighted by atomic mass is 32.2. The highest BCUT2D eigenvalue weighted by Crippen LogP contribution is 1.98. The Morgan fingerprint density at radius 2 is 2.10 bits per heavy atom. The third-order valence-corrected chi connectivity index (χ3v) is 1.98. The molecule has 0 aromatic rings. The fraction of sp³-hybridized carbons (Fsp3) is 1.00. The molecule has 62 valence electrons. The topological polar surface area (TPSA) is 63.6 Å². The third kappa shape index (κ3) is 4.72. The first-order valence-corrected chi connectivity index (χ1v) is 4.58. The van der Waals surface area contributed by atoms with Crippen LogP contribution in [-0.2, 0) is 14.9 Å². The monoisotopic (exact) mass is 168 g/mol. The largest absolute Gasteiger partial charge is 0.380 e. The summed E-state index contributed by atoms with van der Waals surface area (Å²) in [6.45, 7) is 1.79. The van der Waals surface area contributed by atoms with Crippen LogP contribution >= 0.6 is 0 Å². The second-order valence-electron chi connectivity index (χ2n) is 2.01. The second kappa shape index (κ2) is 3.90. The summed E-state index contributed by atoms with van der Waals surface area (Å²) in [7, 11) is -2.46. The molecule has 0 aromatic carbocycles. The Bertz CT molecular complexity index is 168. The van der Waals surface area contributed by atoms with Crippen LogP contribution in [0.5, 0.6) is 0 Å². The van der Waals surface area contributed by atoms with E-state index in [9.17, 15) is 8.42 Å². The maximum atomic E-state index is 10.2. The zero-order valence-corrected chi connectivity index (χ0v) is 6.89. The maximum absolute atomic E-state index is 10.2. The van der Waals surface area contributed by atoms with Gasteiger partial charge in [0, 0.05) is 7.11 Å². The molecular weight excluding hydrogens is 156 g/mol. The Morgan fingerprint density at radius 3 is 2.20 bits per heavy atom. The molecule has 0 aliphatic heterocycles. The van der Waals surface area contributed by atoms with Gasteiger partial charge in [-0.2, -0.15) is 8.42 Å². The van der Waals surface area contributed by atoms with E-state index < -0.39 is 16.2 Å². The molecule has 0 heterocycles. The van der Waals surface area contributed by atoms with Crippen LogP contribution in [0.25, 0.3) is 0 Å². The lowest BCUT2D eigenvalue weighted by Gasteiger charge is -2.09. The summed E-state index contributed by atoms with van der Waals surface area (Å²) in [4.78, 5) is 0. The Hall–Kier alpha value is -0.130. The molecule has 0 saturated heterocycles. The lowest BCUT2D eigenvalue weighted by Crippen LogP contribution is -2.21. The fourth-order valence-corrected chi connectivity index (χ4v) is 1.43. The van der Waals surface area contributed by atoms with Crippen LogP contribution in [0, 0.1) is 0 Å². The molecule has 5 heteroatoms. The highest BCUT2D eigenvalue weighted by molar-refractivity contribution is 7.85. The van der Waals surface area contributed by atoms with E-state index in [0.29, 0.717) is 6.42 Å². The SMILES string of the molecule is CCC(CS(=O)(=O)O)OC. The van der Waals surface area contributed by atoms with E-state index in [1.54, 1.807) is 6.92 Å².